The Kier molecular flexibility index (Phi) is 4.69. The molecule has 4 rings (SSSR count). The van der Waals surface area contributed by atoms with Crippen molar-refractivity contribution in [1.29, 1.82) is 0 Å². The molecule has 1 aromatic heterocycles. The fourth-order valence-electron chi connectivity index (χ4n) is 3.42. The van der Waals surface area contributed by atoms with Crippen molar-refractivity contribution < 1.29 is 9.32 Å². The first-order valence-electron chi connectivity index (χ1n) is 9.08. The molecule has 0 spiro atoms. The Morgan fingerprint density at radius 3 is 2.41 bits per heavy atom. The molecule has 1 aromatic carbocycles. The van der Waals surface area contributed by atoms with Gasteiger partial charge in [0.2, 0.25) is 17.6 Å². The largest absolute Gasteiger partial charge is 0.340 e. The van der Waals surface area contributed by atoms with Gasteiger partial charge >= 0.3 is 0 Å². The summed E-state index contributed by atoms with van der Waals surface area (Å²) in [6.45, 7) is 7.26. The monoisotopic (exact) mass is 408 g/mol. The molecule has 27 heavy (non-hydrogen) atoms. The van der Waals surface area contributed by atoms with Crippen LogP contribution in [0.4, 0.5) is 0 Å². The molecule has 0 bridgehead atoms. The lowest BCUT2D eigenvalue weighted by atomic mass is 10.1. The molecule has 2 fully saturated rings. The van der Waals surface area contributed by atoms with Crippen LogP contribution in [0.5, 0.6) is 0 Å². The number of carbonyl (C=O) groups is 1. The van der Waals surface area contributed by atoms with Crippen molar-refractivity contribution in [3.8, 4) is 11.4 Å². The number of alkyl halides is 2. The number of piperazine rings is 1. The average Bonchev–Trinajstić information content (AvgIpc) is 2.96. The summed E-state index contributed by atoms with van der Waals surface area (Å²) in [5, 5.41) is 4.07. The van der Waals surface area contributed by atoms with E-state index in [1.165, 1.54) is 5.56 Å². The fraction of sp³-hybridized carbons (Fsp3) is 0.526. The fourth-order valence-corrected chi connectivity index (χ4v) is 4.12. The van der Waals surface area contributed by atoms with Crippen molar-refractivity contribution in [2.75, 3.05) is 26.2 Å². The molecular weight excluding hydrogens is 387 g/mol. The Morgan fingerprint density at radius 1 is 1.19 bits per heavy atom. The van der Waals surface area contributed by atoms with Crippen molar-refractivity contribution in [2.24, 2.45) is 5.41 Å². The number of hydrogen-bond donors (Lipinski definition) is 0. The van der Waals surface area contributed by atoms with Gasteiger partial charge in [-0.2, -0.15) is 4.98 Å². The van der Waals surface area contributed by atoms with Crippen LogP contribution < -0.4 is 0 Å². The van der Waals surface area contributed by atoms with Crippen LogP contribution in [0.3, 0.4) is 0 Å². The topological polar surface area (TPSA) is 62.5 Å². The summed E-state index contributed by atoms with van der Waals surface area (Å²) in [6, 6.07) is 8.03. The zero-order valence-corrected chi connectivity index (χ0v) is 16.9. The van der Waals surface area contributed by atoms with Gasteiger partial charge in [0.25, 0.3) is 0 Å². The summed E-state index contributed by atoms with van der Waals surface area (Å²) in [5.41, 5.74) is 1.48. The highest BCUT2D eigenvalue weighted by Crippen LogP contribution is 2.64. The summed E-state index contributed by atoms with van der Waals surface area (Å²) >= 11 is 12.3. The maximum Gasteiger partial charge on any atom is 0.241 e. The van der Waals surface area contributed by atoms with Gasteiger partial charge in [-0.3, -0.25) is 9.69 Å². The molecule has 0 radical (unpaired) electrons. The number of nitrogens with zero attached hydrogens (tertiary/aromatic N) is 4. The Hall–Kier alpha value is -1.63. The van der Waals surface area contributed by atoms with Crippen molar-refractivity contribution in [2.45, 2.75) is 31.1 Å². The van der Waals surface area contributed by atoms with E-state index >= 15 is 0 Å². The Morgan fingerprint density at radius 2 is 1.81 bits per heavy atom. The van der Waals surface area contributed by atoms with Gasteiger partial charge in [0, 0.05) is 31.7 Å². The van der Waals surface area contributed by atoms with Gasteiger partial charge in [0.05, 0.1) is 12.0 Å². The van der Waals surface area contributed by atoms with Gasteiger partial charge in [0.1, 0.15) is 4.33 Å². The van der Waals surface area contributed by atoms with Gasteiger partial charge in [-0.05, 0) is 20.3 Å². The average molecular weight is 409 g/mol. The van der Waals surface area contributed by atoms with Crippen molar-refractivity contribution >= 4 is 29.1 Å². The van der Waals surface area contributed by atoms with E-state index in [0.717, 1.165) is 18.7 Å². The van der Waals surface area contributed by atoms with E-state index < -0.39 is 9.75 Å². The molecule has 1 atom stereocenters. The highest BCUT2D eigenvalue weighted by molar-refractivity contribution is 6.53. The predicted octanol–water partition coefficient (Wildman–Crippen LogP) is 3.27. The van der Waals surface area contributed by atoms with Crippen LogP contribution in [0, 0.1) is 12.3 Å². The minimum atomic E-state index is -0.919. The highest BCUT2D eigenvalue weighted by atomic mass is 35.5. The van der Waals surface area contributed by atoms with E-state index in [4.69, 9.17) is 27.7 Å². The van der Waals surface area contributed by atoms with Crippen LogP contribution in [0.1, 0.15) is 24.8 Å². The normalized spacial score (nSPS) is 24.8. The standard InChI is InChI=1S/C19H22Cl2N4O2/c1-13-3-5-14(6-4-13)16-22-15(27-23-16)11-24-7-9-25(10-8-24)17(26)18(2)12-19(18,20)21/h3-6H,7-12H2,1-2H3. The molecular formula is C19H22Cl2N4O2. The lowest BCUT2D eigenvalue weighted by Crippen LogP contribution is -2.50. The molecule has 1 unspecified atom stereocenters. The second kappa shape index (κ2) is 6.76. The maximum absolute atomic E-state index is 12.6. The van der Waals surface area contributed by atoms with Gasteiger partial charge in [-0.25, -0.2) is 0 Å². The Labute approximate surface area is 168 Å². The Balaban J connectivity index is 1.32. The van der Waals surface area contributed by atoms with Crippen LogP contribution in [-0.4, -0.2) is 56.4 Å². The van der Waals surface area contributed by atoms with Gasteiger partial charge in [-0.1, -0.05) is 35.0 Å². The SMILES string of the molecule is Cc1ccc(-c2noc(CN3CCN(C(=O)C4(C)CC4(Cl)Cl)CC3)n2)cc1. The number of halogens is 2. The minimum absolute atomic E-state index is 0.0478. The number of rotatable bonds is 4. The van der Waals surface area contributed by atoms with E-state index in [1.807, 2.05) is 43.0 Å². The lowest BCUT2D eigenvalue weighted by molar-refractivity contribution is -0.138. The van der Waals surface area contributed by atoms with Gasteiger partial charge < -0.3 is 9.42 Å². The molecule has 144 valence electrons. The third kappa shape index (κ3) is 3.58. The van der Waals surface area contributed by atoms with E-state index in [9.17, 15) is 4.79 Å². The first-order chi connectivity index (χ1) is 12.8. The number of carbonyl (C=O) groups excluding carboxylic acids is 1. The zero-order chi connectivity index (χ0) is 19.2. The number of aromatic nitrogens is 2. The first-order valence-corrected chi connectivity index (χ1v) is 9.83. The summed E-state index contributed by atoms with van der Waals surface area (Å²) in [5.74, 6) is 1.23. The van der Waals surface area contributed by atoms with E-state index in [2.05, 4.69) is 15.0 Å². The molecule has 8 heteroatoms. The molecule has 1 saturated heterocycles. The molecule has 1 aliphatic heterocycles. The van der Waals surface area contributed by atoms with Crippen molar-refractivity contribution in [3.63, 3.8) is 0 Å². The van der Waals surface area contributed by atoms with E-state index in [1.54, 1.807) is 0 Å². The third-order valence-corrected chi connectivity index (χ3v) is 6.63. The molecule has 0 N–H and O–H groups in total. The van der Waals surface area contributed by atoms with Crippen molar-refractivity contribution in [1.82, 2.24) is 19.9 Å². The summed E-state index contributed by atoms with van der Waals surface area (Å²) < 4.78 is 4.48. The second-order valence-electron chi connectivity index (χ2n) is 7.66. The summed E-state index contributed by atoms with van der Waals surface area (Å²) in [7, 11) is 0. The van der Waals surface area contributed by atoms with Crippen LogP contribution in [0.2, 0.25) is 0 Å². The Bertz CT molecular complexity index is 844. The molecule has 2 aliphatic rings. The van der Waals surface area contributed by atoms with Crippen molar-refractivity contribution in [3.05, 3.63) is 35.7 Å². The van der Waals surface area contributed by atoms with Crippen LogP contribution in [0.25, 0.3) is 11.4 Å². The van der Waals surface area contributed by atoms with Crippen LogP contribution in [-0.2, 0) is 11.3 Å². The predicted molar refractivity (Wildman–Crippen MR) is 103 cm³/mol. The molecule has 6 nitrogen and oxygen atoms in total. The third-order valence-electron chi connectivity index (χ3n) is 5.53. The molecule has 1 amide bonds. The summed E-state index contributed by atoms with van der Waals surface area (Å²) in [6.07, 6.45) is 0.520. The number of benzene rings is 1. The highest BCUT2D eigenvalue weighted by Gasteiger charge is 2.68. The molecule has 2 aromatic rings. The minimum Gasteiger partial charge on any atom is -0.340 e. The smallest absolute Gasteiger partial charge is 0.241 e. The van der Waals surface area contributed by atoms with Gasteiger partial charge in [-0.15, -0.1) is 23.2 Å². The van der Waals surface area contributed by atoms with Crippen LogP contribution >= 0.6 is 23.2 Å². The molecule has 2 heterocycles. The number of amides is 1. The van der Waals surface area contributed by atoms with Gasteiger partial charge in [0.15, 0.2) is 0 Å². The summed E-state index contributed by atoms with van der Waals surface area (Å²) in [4.78, 5) is 21.2. The first kappa shape index (κ1) is 18.7. The molecule has 1 saturated carbocycles. The lowest BCUT2D eigenvalue weighted by Gasteiger charge is -2.35. The van der Waals surface area contributed by atoms with Crippen LogP contribution in [0.15, 0.2) is 28.8 Å². The number of hydrogen-bond acceptors (Lipinski definition) is 5. The molecule has 1 aliphatic carbocycles. The second-order valence-corrected chi connectivity index (χ2v) is 9.14. The number of aryl methyl sites for hydroxylation is 1. The van der Waals surface area contributed by atoms with E-state index in [-0.39, 0.29) is 5.91 Å². The maximum atomic E-state index is 12.6. The zero-order valence-electron chi connectivity index (χ0n) is 15.4. The quantitative estimate of drug-likeness (QED) is 0.726. The van der Waals surface area contributed by atoms with E-state index in [0.29, 0.717) is 37.8 Å².